The predicted molar refractivity (Wildman–Crippen MR) is 84.1 cm³/mol. The summed E-state index contributed by atoms with van der Waals surface area (Å²) >= 11 is 0. The van der Waals surface area contributed by atoms with Crippen molar-refractivity contribution in [3.8, 4) is 0 Å². The minimum Gasteiger partial charge on any atom is -0.381 e. The molecule has 5 nitrogen and oxygen atoms in total. The molecule has 1 aromatic rings. The first-order valence-electron chi connectivity index (χ1n) is 8.55. The van der Waals surface area contributed by atoms with Crippen LogP contribution in [0.3, 0.4) is 0 Å². The number of nitrogens with one attached hydrogen (secondary N) is 1. The van der Waals surface area contributed by atoms with Crippen LogP contribution in [0.15, 0.2) is 4.52 Å². The van der Waals surface area contributed by atoms with Gasteiger partial charge in [0.1, 0.15) is 5.76 Å². The first kappa shape index (κ1) is 16.0. The molecule has 0 bridgehead atoms. The highest BCUT2D eigenvalue weighted by molar-refractivity contribution is 5.20. The van der Waals surface area contributed by atoms with Gasteiger partial charge in [-0.2, -0.15) is 0 Å². The van der Waals surface area contributed by atoms with E-state index >= 15 is 0 Å². The number of nitrogens with zero attached hydrogens (tertiary/aromatic N) is 1. The summed E-state index contributed by atoms with van der Waals surface area (Å²) in [6.45, 7) is 7.63. The Bertz CT molecular complexity index is 455. The van der Waals surface area contributed by atoms with E-state index in [2.05, 4.69) is 10.5 Å². The van der Waals surface area contributed by atoms with Crippen molar-refractivity contribution in [3.63, 3.8) is 0 Å². The normalized spacial score (nSPS) is 24.7. The molecule has 22 heavy (non-hydrogen) atoms. The number of hydrogen-bond donors (Lipinski definition) is 1. The van der Waals surface area contributed by atoms with Gasteiger partial charge in [-0.3, -0.25) is 0 Å². The number of rotatable bonds is 5. The van der Waals surface area contributed by atoms with Gasteiger partial charge < -0.3 is 19.3 Å². The van der Waals surface area contributed by atoms with Crippen molar-refractivity contribution >= 4 is 0 Å². The third-order valence-electron chi connectivity index (χ3n) is 5.11. The van der Waals surface area contributed by atoms with Crippen molar-refractivity contribution in [2.45, 2.75) is 64.0 Å². The van der Waals surface area contributed by atoms with Crippen LogP contribution < -0.4 is 5.32 Å². The molecule has 0 radical (unpaired) electrons. The minimum absolute atomic E-state index is 0.0792. The van der Waals surface area contributed by atoms with E-state index in [0.717, 1.165) is 76.3 Å². The van der Waals surface area contributed by atoms with Gasteiger partial charge in [-0.25, -0.2) is 0 Å². The maximum atomic E-state index is 6.09. The van der Waals surface area contributed by atoms with Crippen LogP contribution in [0.25, 0.3) is 0 Å². The van der Waals surface area contributed by atoms with Crippen LogP contribution in [0, 0.1) is 13.8 Å². The molecule has 5 heteroatoms. The summed E-state index contributed by atoms with van der Waals surface area (Å²) in [6, 6.07) is 0.580. The highest BCUT2D eigenvalue weighted by Gasteiger charge is 2.38. The van der Waals surface area contributed by atoms with Gasteiger partial charge in [0, 0.05) is 31.4 Å². The van der Waals surface area contributed by atoms with Gasteiger partial charge >= 0.3 is 0 Å². The lowest BCUT2D eigenvalue weighted by molar-refractivity contribution is -0.140. The second kappa shape index (κ2) is 7.11. The molecule has 2 fully saturated rings. The van der Waals surface area contributed by atoms with Gasteiger partial charge in [0.25, 0.3) is 0 Å². The SMILES string of the molecule is Cc1noc(C)c1CCCNC1CCOC2(CCOCC2)C1. The Kier molecular flexibility index (Phi) is 5.16. The van der Waals surface area contributed by atoms with Crippen LogP contribution in [0.4, 0.5) is 0 Å². The first-order valence-corrected chi connectivity index (χ1v) is 8.55. The van der Waals surface area contributed by atoms with E-state index in [4.69, 9.17) is 14.0 Å². The standard InChI is InChI=1S/C17H28N2O3/c1-13-16(14(2)22-19-13)4-3-8-18-15-5-9-21-17(12-15)6-10-20-11-7-17/h15,18H,3-12H2,1-2H3. The molecule has 1 aromatic heterocycles. The summed E-state index contributed by atoms with van der Waals surface area (Å²) in [5.74, 6) is 0.963. The lowest BCUT2D eigenvalue weighted by atomic mass is 9.84. The van der Waals surface area contributed by atoms with Crippen LogP contribution >= 0.6 is 0 Å². The molecular formula is C17H28N2O3. The van der Waals surface area contributed by atoms with Crippen LogP contribution in [0.5, 0.6) is 0 Å². The average molecular weight is 308 g/mol. The quantitative estimate of drug-likeness (QED) is 0.847. The van der Waals surface area contributed by atoms with Gasteiger partial charge in [-0.1, -0.05) is 5.16 Å². The minimum atomic E-state index is 0.0792. The predicted octanol–water partition coefficient (Wildman–Crippen LogP) is 2.54. The molecule has 0 saturated carbocycles. The Morgan fingerprint density at radius 1 is 1.23 bits per heavy atom. The zero-order valence-electron chi connectivity index (χ0n) is 13.8. The highest BCUT2D eigenvalue weighted by Crippen LogP contribution is 2.34. The van der Waals surface area contributed by atoms with Crippen molar-refractivity contribution in [1.29, 1.82) is 0 Å². The highest BCUT2D eigenvalue weighted by atomic mass is 16.5. The number of aromatic nitrogens is 1. The molecule has 0 aromatic carbocycles. The van der Waals surface area contributed by atoms with Gasteiger partial charge in [0.15, 0.2) is 0 Å². The third-order valence-corrected chi connectivity index (χ3v) is 5.11. The third kappa shape index (κ3) is 3.70. The van der Waals surface area contributed by atoms with E-state index in [1.54, 1.807) is 0 Å². The van der Waals surface area contributed by atoms with E-state index in [9.17, 15) is 0 Å². The summed E-state index contributed by atoms with van der Waals surface area (Å²) in [5, 5.41) is 7.74. The Labute approximate surface area is 132 Å². The van der Waals surface area contributed by atoms with Crippen molar-refractivity contribution in [1.82, 2.24) is 10.5 Å². The topological polar surface area (TPSA) is 56.5 Å². The van der Waals surface area contributed by atoms with E-state index in [1.807, 2.05) is 13.8 Å². The Morgan fingerprint density at radius 3 is 2.77 bits per heavy atom. The van der Waals surface area contributed by atoms with Crippen molar-refractivity contribution < 1.29 is 14.0 Å². The molecule has 0 aliphatic carbocycles. The van der Waals surface area contributed by atoms with E-state index in [-0.39, 0.29) is 5.60 Å². The molecule has 124 valence electrons. The Balaban J connectivity index is 1.42. The Hall–Kier alpha value is -0.910. The summed E-state index contributed by atoms with van der Waals surface area (Å²) in [5.41, 5.74) is 2.38. The van der Waals surface area contributed by atoms with Crippen LogP contribution in [-0.2, 0) is 15.9 Å². The molecule has 0 amide bonds. The van der Waals surface area contributed by atoms with Gasteiger partial charge in [0.05, 0.1) is 11.3 Å². The molecule has 2 aliphatic heterocycles. The van der Waals surface area contributed by atoms with Crippen LogP contribution in [0.2, 0.25) is 0 Å². The van der Waals surface area contributed by atoms with E-state index < -0.39 is 0 Å². The fourth-order valence-electron chi connectivity index (χ4n) is 3.72. The summed E-state index contributed by atoms with van der Waals surface area (Å²) in [4.78, 5) is 0. The first-order chi connectivity index (χ1) is 10.7. The smallest absolute Gasteiger partial charge is 0.137 e. The molecule has 1 unspecified atom stereocenters. The second-order valence-electron chi connectivity index (χ2n) is 6.69. The molecule has 3 heterocycles. The Morgan fingerprint density at radius 2 is 2.05 bits per heavy atom. The van der Waals surface area contributed by atoms with Crippen LogP contribution in [-0.4, -0.2) is 43.2 Å². The monoisotopic (exact) mass is 308 g/mol. The number of aryl methyl sites for hydroxylation is 2. The molecular weight excluding hydrogens is 280 g/mol. The largest absolute Gasteiger partial charge is 0.381 e. The molecule has 2 aliphatic rings. The van der Waals surface area contributed by atoms with Crippen LogP contribution in [0.1, 0.15) is 49.1 Å². The summed E-state index contributed by atoms with van der Waals surface area (Å²) in [6.07, 6.45) is 6.50. The fraction of sp³-hybridized carbons (Fsp3) is 0.824. The fourth-order valence-corrected chi connectivity index (χ4v) is 3.72. The molecule has 1 spiro atoms. The number of hydrogen-bond acceptors (Lipinski definition) is 5. The zero-order chi connectivity index (χ0) is 15.4. The van der Waals surface area contributed by atoms with Gasteiger partial charge in [-0.05, 0) is 58.9 Å². The maximum Gasteiger partial charge on any atom is 0.137 e. The van der Waals surface area contributed by atoms with Crippen molar-refractivity contribution in [2.24, 2.45) is 0 Å². The zero-order valence-corrected chi connectivity index (χ0v) is 13.8. The average Bonchev–Trinajstić information content (AvgIpc) is 2.84. The lowest BCUT2D eigenvalue weighted by Crippen LogP contribution is -2.50. The molecule has 1 N–H and O–H groups in total. The second-order valence-corrected chi connectivity index (χ2v) is 6.69. The van der Waals surface area contributed by atoms with Crippen molar-refractivity contribution in [3.05, 3.63) is 17.0 Å². The van der Waals surface area contributed by atoms with Crippen molar-refractivity contribution in [2.75, 3.05) is 26.4 Å². The number of ether oxygens (including phenoxy) is 2. The van der Waals surface area contributed by atoms with E-state index in [0.29, 0.717) is 6.04 Å². The summed E-state index contributed by atoms with van der Waals surface area (Å²) < 4.78 is 16.8. The maximum absolute atomic E-state index is 6.09. The van der Waals surface area contributed by atoms with Gasteiger partial charge in [-0.15, -0.1) is 0 Å². The lowest BCUT2D eigenvalue weighted by Gasteiger charge is -2.43. The molecule has 2 saturated heterocycles. The summed E-state index contributed by atoms with van der Waals surface area (Å²) in [7, 11) is 0. The van der Waals surface area contributed by atoms with Gasteiger partial charge in [0.2, 0.25) is 0 Å². The molecule has 1 atom stereocenters. The van der Waals surface area contributed by atoms with E-state index in [1.165, 1.54) is 5.56 Å². The molecule has 3 rings (SSSR count).